The summed E-state index contributed by atoms with van der Waals surface area (Å²) < 4.78 is 26.7. The van der Waals surface area contributed by atoms with Gasteiger partial charge < -0.3 is 15.5 Å². The average Bonchev–Trinajstić information content (AvgIpc) is 3.73. The molecule has 1 saturated carbocycles. The molecule has 10 heteroatoms. The maximum atomic E-state index is 12.0. The summed E-state index contributed by atoms with van der Waals surface area (Å²) in [5, 5.41) is 6.65. The maximum Gasteiger partial charge on any atom is 0.229 e. The Morgan fingerprint density at radius 2 is 1.58 bits per heavy atom. The molecule has 3 aromatic rings. The van der Waals surface area contributed by atoms with Crippen LogP contribution in [0.1, 0.15) is 42.7 Å². The molecule has 190 valence electrons. The third kappa shape index (κ3) is 6.34. The summed E-state index contributed by atoms with van der Waals surface area (Å²) >= 11 is 6.34. The van der Waals surface area contributed by atoms with Crippen LogP contribution in [-0.2, 0) is 16.6 Å². The van der Waals surface area contributed by atoms with Crippen LogP contribution in [0.5, 0.6) is 0 Å². The number of hydrogen-bond donors (Lipinski definition) is 3. The first-order valence-corrected chi connectivity index (χ1v) is 14.2. The molecule has 0 spiro atoms. The number of hydrogen-bond acceptors (Lipinski definition) is 7. The Bertz CT molecular complexity index is 1290. The van der Waals surface area contributed by atoms with Gasteiger partial charge in [-0.2, -0.15) is 4.98 Å². The molecule has 2 aliphatic rings. The lowest BCUT2D eigenvalue weighted by Crippen LogP contribution is -2.29. The molecule has 2 fully saturated rings. The number of rotatable bonds is 9. The van der Waals surface area contributed by atoms with Crippen LogP contribution >= 0.6 is 11.6 Å². The van der Waals surface area contributed by atoms with Crippen molar-refractivity contribution in [3.05, 3.63) is 70.9 Å². The van der Waals surface area contributed by atoms with E-state index in [0.29, 0.717) is 22.7 Å². The molecule has 1 aromatic heterocycles. The topological polar surface area (TPSA) is 99.2 Å². The normalized spacial score (nSPS) is 17.2. The molecule has 0 radical (unpaired) electrons. The molecule has 0 atom stereocenters. The van der Waals surface area contributed by atoms with E-state index in [1.807, 2.05) is 24.3 Å². The van der Waals surface area contributed by atoms with Crippen molar-refractivity contribution in [3.8, 4) is 0 Å². The highest BCUT2D eigenvalue weighted by atomic mass is 35.5. The lowest BCUT2D eigenvalue weighted by molar-refractivity contribution is 0.255. The minimum absolute atomic E-state index is 0.224. The minimum Gasteiger partial charge on any atom is -0.339 e. The van der Waals surface area contributed by atoms with Gasteiger partial charge in [0.05, 0.1) is 11.4 Å². The molecule has 0 amide bonds. The van der Waals surface area contributed by atoms with Gasteiger partial charge in [0.25, 0.3) is 0 Å². The zero-order valence-electron chi connectivity index (χ0n) is 20.2. The van der Waals surface area contributed by atoms with Gasteiger partial charge in [-0.3, -0.25) is 0 Å². The molecular weight excluding hydrogens is 496 g/mol. The summed E-state index contributed by atoms with van der Waals surface area (Å²) in [5.41, 5.74) is 3.96. The van der Waals surface area contributed by atoms with Crippen LogP contribution in [0.25, 0.3) is 0 Å². The van der Waals surface area contributed by atoms with Gasteiger partial charge >= 0.3 is 0 Å². The molecule has 1 aliphatic carbocycles. The summed E-state index contributed by atoms with van der Waals surface area (Å²) in [7, 11) is -1.02. The highest BCUT2D eigenvalue weighted by Crippen LogP contribution is 2.30. The molecule has 5 rings (SSSR count). The second-order valence-corrected chi connectivity index (χ2v) is 12.1. The van der Waals surface area contributed by atoms with E-state index in [4.69, 9.17) is 11.6 Å². The zero-order chi connectivity index (χ0) is 25.1. The minimum atomic E-state index is -3.20. The highest BCUT2D eigenvalue weighted by Gasteiger charge is 2.35. The number of likely N-dealkylation sites (tertiary alicyclic amines) is 1. The van der Waals surface area contributed by atoms with Crippen LogP contribution in [0, 0.1) is 0 Å². The Hall–Kier alpha value is -2.72. The molecular formula is C26H31ClN6O2S. The Labute approximate surface area is 217 Å². The van der Waals surface area contributed by atoms with E-state index in [2.05, 4.69) is 61.5 Å². The van der Waals surface area contributed by atoms with Crippen molar-refractivity contribution >= 4 is 44.8 Å². The Morgan fingerprint density at radius 3 is 2.25 bits per heavy atom. The van der Waals surface area contributed by atoms with Gasteiger partial charge in [0, 0.05) is 17.9 Å². The fraction of sp³-hybridized carbons (Fsp3) is 0.385. The van der Waals surface area contributed by atoms with Crippen molar-refractivity contribution in [1.29, 1.82) is 0 Å². The van der Waals surface area contributed by atoms with Gasteiger partial charge in [0.2, 0.25) is 16.0 Å². The number of aromatic nitrogens is 2. The van der Waals surface area contributed by atoms with E-state index in [1.54, 1.807) is 6.20 Å². The smallest absolute Gasteiger partial charge is 0.229 e. The molecule has 2 heterocycles. The molecule has 3 N–H and O–H groups in total. The van der Waals surface area contributed by atoms with Crippen LogP contribution in [0.2, 0.25) is 5.02 Å². The van der Waals surface area contributed by atoms with E-state index in [9.17, 15) is 8.42 Å². The number of benzene rings is 2. The van der Waals surface area contributed by atoms with Crippen molar-refractivity contribution in [3.63, 3.8) is 0 Å². The summed E-state index contributed by atoms with van der Waals surface area (Å²) in [4.78, 5) is 11.2. The second-order valence-electron chi connectivity index (χ2n) is 9.60. The lowest BCUT2D eigenvalue weighted by atomic mass is 9.89. The predicted molar refractivity (Wildman–Crippen MR) is 145 cm³/mol. The fourth-order valence-electron chi connectivity index (χ4n) is 4.35. The Morgan fingerprint density at radius 1 is 0.944 bits per heavy atom. The average molecular weight is 527 g/mol. The monoisotopic (exact) mass is 526 g/mol. The molecule has 1 aliphatic heterocycles. The Kier molecular flexibility index (Phi) is 7.43. The largest absolute Gasteiger partial charge is 0.339 e. The van der Waals surface area contributed by atoms with Crippen LogP contribution < -0.4 is 15.4 Å². The standard InChI is InChI=1S/C26H31ClN6O2S/c1-33-14-12-20(13-15-33)19-4-8-22(9-5-19)31-26-28-17-24(27)25(32-26)30-21-6-2-18(3-7-21)16-29-36(34,35)23-10-11-23/h2-9,17,20,23,29H,10-16H2,1H3,(H2,28,30,31,32). The van der Waals surface area contributed by atoms with E-state index >= 15 is 0 Å². The van der Waals surface area contributed by atoms with Crippen LogP contribution in [0.4, 0.5) is 23.1 Å². The molecule has 8 nitrogen and oxygen atoms in total. The van der Waals surface area contributed by atoms with E-state index in [1.165, 1.54) is 18.4 Å². The molecule has 0 unspecified atom stereocenters. The van der Waals surface area contributed by atoms with Gasteiger partial charge in [0.15, 0.2) is 5.82 Å². The zero-order valence-corrected chi connectivity index (χ0v) is 21.8. The Balaban J connectivity index is 1.19. The number of sulfonamides is 1. The van der Waals surface area contributed by atoms with Crippen molar-refractivity contribution in [2.45, 2.75) is 43.4 Å². The van der Waals surface area contributed by atoms with Gasteiger partial charge in [0.1, 0.15) is 5.02 Å². The van der Waals surface area contributed by atoms with E-state index in [-0.39, 0.29) is 11.8 Å². The quantitative estimate of drug-likeness (QED) is 0.360. The van der Waals surface area contributed by atoms with Gasteiger partial charge in [-0.05, 0) is 87.1 Å². The maximum absolute atomic E-state index is 12.0. The van der Waals surface area contributed by atoms with Crippen molar-refractivity contribution < 1.29 is 8.42 Å². The van der Waals surface area contributed by atoms with Crippen molar-refractivity contribution in [2.75, 3.05) is 30.8 Å². The fourth-order valence-corrected chi connectivity index (χ4v) is 5.85. The summed E-state index contributed by atoms with van der Waals surface area (Å²) in [5.74, 6) is 1.54. The molecule has 36 heavy (non-hydrogen) atoms. The lowest BCUT2D eigenvalue weighted by Gasteiger charge is -2.29. The molecule has 2 aromatic carbocycles. The van der Waals surface area contributed by atoms with E-state index in [0.717, 1.165) is 42.9 Å². The number of piperidine rings is 1. The number of halogens is 1. The number of nitrogens with zero attached hydrogens (tertiary/aromatic N) is 3. The first-order chi connectivity index (χ1) is 17.4. The molecule has 0 bridgehead atoms. The highest BCUT2D eigenvalue weighted by molar-refractivity contribution is 7.90. The summed E-state index contributed by atoms with van der Waals surface area (Å²) in [6.45, 7) is 2.56. The molecule has 1 saturated heterocycles. The van der Waals surface area contributed by atoms with Crippen molar-refractivity contribution in [2.24, 2.45) is 0 Å². The third-order valence-corrected chi connectivity index (χ3v) is 8.93. The van der Waals surface area contributed by atoms with E-state index < -0.39 is 10.0 Å². The van der Waals surface area contributed by atoms with Gasteiger partial charge in [-0.15, -0.1) is 0 Å². The van der Waals surface area contributed by atoms with Crippen LogP contribution in [-0.4, -0.2) is 48.7 Å². The van der Waals surface area contributed by atoms with Crippen LogP contribution in [0.15, 0.2) is 54.7 Å². The first-order valence-electron chi connectivity index (χ1n) is 12.3. The van der Waals surface area contributed by atoms with Crippen LogP contribution in [0.3, 0.4) is 0 Å². The summed E-state index contributed by atoms with van der Waals surface area (Å²) in [6.07, 6.45) is 5.44. The predicted octanol–water partition coefficient (Wildman–Crippen LogP) is 5.01. The second kappa shape index (κ2) is 10.7. The van der Waals surface area contributed by atoms with Crippen molar-refractivity contribution in [1.82, 2.24) is 19.6 Å². The SMILES string of the molecule is CN1CCC(c2ccc(Nc3ncc(Cl)c(Nc4ccc(CNS(=O)(=O)C5CC5)cc4)n3)cc2)CC1. The van der Waals surface area contributed by atoms with Gasteiger partial charge in [-0.25, -0.2) is 18.1 Å². The number of nitrogens with one attached hydrogen (secondary N) is 3. The third-order valence-electron chi connectivity index (χ3n) is 6.76. The van der Waals surface area contributed by atoms with Gasteiger partial charge in [-0.1, -0.05) is 35.9 Å². The first kappa shape index (κ1) is 25.0. The summed E-state index contributed by atoms with van der Waals surface area (Å²) in [6, 6.07) is 16.0. The number of anilines is 4.